The van der Waals surface area contributed by atoms with Crippen molar-refractivity contribution in [3.8, 4) is 11.3 Å². The lowest BCUT2D eigenvalue weighted by molar-refractivity contribution is 0.220. The van der Waals surface area contributed by atoms with Gasteiger partial charge in [-0.1, -0.05) is 6.07 Å². The van der Waals surface area contributed by atoms with Gasteiger partial charge < -0.3 is 16.1 Å². The lowest BCUT2D eigenvalue weighted by Crippen LogP contribution is -2.53. The predicted octanol–water partition coefficient (Wildman–Crippen LogP) is 3.03. The standard InChI is InChI=1S/C26H26F3N9/c27-17-4-1-15(2-5-17)22-12-23(37-36-22)33-24-20-14-32-38(19-7-9-31-10-8-19)25(20)35-26(30,34-24)13-16-3-6-18(28)11-21(16)29/h1-6,11-12,14,19,31-32H,7-10,13,30H2,(H2,33,34,36,37). The normalized spacial score (nSPS) is 21.4. The highest BCUT2D eigenvalue weighted by molar-refractivity contribution is 6.28. The van der Waals surface area contributed by atoms with Crippen LogP contribution in [0.5, 0.6) is 0 Å². The van der Waals surface area contributed by atoms with Crippen LogP contribution >= 0.6 is 0 Å². The Hall–Kier alpha value is -4.16. The molecule has 0 aliphatic carbocycles. The number of hydrogen-bond acceptors (Lipinski definition) is 8. The molecule has 3 aliphatic heterocycles. The maximum atomic E-state index is 14.6. The van der Waals surface area contributed by atoms with E-state index in [0.717, 1.165) is 37.6 Å². The molecule has 1 saturated heterocycles. The van der Waals surface area contributed by atoms with Gasteiger partial charge in [0.2, 0.25) is 5.79 Å². The van der Waals surface area contributed by atoms with E-state index in [4.69, 9.17) is 10.7 Å². The molecule has 4 heterocycles. The second-order valence-electron chi connectivity index (χ2n) is 9.52. The highest BCUT2D eigenvalue weighted by Gasteiger charge is 2.40. The molecule has 6 rings (SSSR count). The summed E-state index contributed by atoms with van der Waals surface area (Å²) in [6.45, 7) is 1.75. The quantitative estimate of drug-likeness (QED) is 0.352. The van der Waals surface area contributed by atoms with E-state index in [1.807, 2.05) is 5.01 Å². The number of amidine groups is 2. The summed E-state index contributed by atoms with van der Waals surface area (Å²) in [5.74, 6) is -1.81. The van der Waals surface area contributed by atoms with Gasteiger partial charge in [-0.15, -0.1) is 0 Å². The summed E-state index contributed by atoms with van der Waals surface area (Å²) in [7, 11) is 0. The summed E-state index contributed by atoms with van der Waals surface area (Å²) < 4.78 is 41.4. The monoisotopic (exact) mass is 521 g/mol. The van der Waals surface area contributed by atoms with Gasteiger partial charge in [0, 0.05) is 24.8 Å². The zero-order valence-corrected chi connectivity index (χ0v) is 20.3. The highest BCUT2D eigenvalue weighted by atomic mass is 19.1. The molecule has 6 N–H and O–H groups in total. The van der Waals surface area contributed by atoms with E-state index in [1.54, 1.807) is 24.4 Å². The van der Waals surface area contributed by atoms with Crippen LogP contribution in [0.1, 0.15) is 18.4 Å². The topological polar surface area (TPSA) is 119 Å². The number of nitrogens with one attached hydrogen (secondary N) is 4. The van der Waals surface area contributed by atoms with Crippen molar-refractivity contribution in [1.29, 1.82) is 0 Å². The molecule has 1 fully saturated rings. The van der Waals surface area contributed by atoms with Crippen LogP contribution in [-0.4, -0.2) is 51.8 Å². The number of nitrogens with zero attached hydrogens (tertiary/aromatic N) is 4. The van der Waals surface area contributed by atoms with Gasteiger partial charge in [0.1, 0.15) is 23.3 Å². The van der Waals surface area contributed by atoms with E-state index in [-0.39, 0.29) is 23.8 Å². The number of fused-ring (bicyclic) bond motifs is 1. The van der Waals surface area contributed by atoms with Gasteiger partial charge in [0.15, 0.2) is 11.7 Å². The van der Waals surface area contributed by atoms with Gasteiger partial charge in [-0.05, 0) is 67.4 Å². The summed E-state index contributed by atoms with van der Waals surface area (Å²) in [6.07, 6.45) is 3.52. The molecule has 0 radical (unpaired) electrons. The van der Waals surface area contributed by atoms with Crippen LogP contribution in [0.2, 0.25) is 0 Å². The smallest absolute Gasteiger partial charge is 0.210 e. The van der Waals surface area contributed by atoms with Crippen LogP contribution in [0.25, 0.3) is 11.3 Å². The molecule has 9 nitrogen and oxygen atoms in total. The molecule has 0 bridgehead atoms. The number of benzene rings is 2. The molecule has 1 unspecified atom stereocenters. The van der Waals surface area contributed by atoms with Gasteiger partial charge in [0.05, 0.1) is 17.3 Å². The fourth-order valence-electron chi connectivity index (χ4n) is 4.89. The van der Waals surface area contributed by atoms with Crippen molar-refractivity contribution in [2.24, 2.45) is 15.7 Å². The first-order valence-electron chi connectivity index (χ1n) is 12.3. The van der Waals surface area contributed by atoms with Crippen LogP contribution in [0.15, 0.2) is 70.3 Å². The first-order chi connectivity index (χ1) is 18.4. The number of H-pyrrole nitrogens is 1. The van der Waals surface area contributed by atoms with E-state index in [0.29, 0.717) is 28.8 Å². The van der Waals surface area contributed by atoms with Gasteiger partial charge in [-0.25, -0.2) is 23.2 Å². The zero-order chi connectivity index (χ0) is 26.3. The van der Waals surface area contributed by atoms with Crippen molar-refractivity contribution >= 4 is 17.5 Å². The van der Waals surface area contributed by atoms with Crippen LogP contribution in [0.4, 0.5) is 19.0 Å². The third-order valence-electron chi connectivity index (χ3n) is 6.80. The summed E-state index contributed by atoms with van der Waals surface area (Å²) in [5.41, 5.74) is 12.3. The third-order valence-corrected chi connectivity index (χ3v) is 6.80. The number of rotatable bonds is 5. The largest absolute Gasteiger partial charge is 0.323 e. The molecule has 12 heteroatoms. The SMILES string of the molecule is NC1(Cc2ccc(F)cc2F)N=C(Nc2cc(-c3ccc(F)cc3)[nH]n2)C2=CNN(C3CCNCC3)C2=N1. The molecular weight excluding hydrogens is 495 g/mol. The Kier molecular flexibility index (Phi) is 6.12. The number of aromatic amines is 1. The lowest BCUT2D eigenvalue weighted by Gasteiger charge is -2.36. The van der Waals surface area contributed by atoms with E-state index in [2.05, 4.69) is 31.2 Å². The van der Waals surface area contributed by atoms with E-state index < -0.39 is 17.4 Å². The first-order valence-corrected chi connectivity index (χ1v) is 12.3. The molecule has 0 saturated carbocycles. The van der Waals surface area contributed by atoms with Gasteiger partial charge >= 0.3 is 0 Å². The van der Waals surface area contributed by atoms with Crippen molar-refractivity contribution in [2.45, 2.75) is 31.1 Å². The Morgan fingerprint density at radius 3 is 2.53 bits per heavy atom. The highest BCUT2D eigenvalue weighted by Crippen LogP contribution is 2.29. The second-order valence-corrected chi connectivity index (χ2v) is 9.52. The first kappa shape index (κ1) is 24.2. The Morgan fingerprint density at radius 2 is 1.76 bits per heavy atom. The number of aliphatic imine (C=N–C) groups is 2. The Balaban J connectivity index is 1.33. The lowest BCUT2D eigenvalue weighted by atomic mass is 10.0. The molecule has 1 aromatic heterocycles. The van der Waals surface area contributed by atoms with Crippen molar-refractivity contribution in [3.63, 3.8) is 0 Å². The minimum Gasteiger partial charge on any atom is -0.323 e. The van der Waals surface area contributed by atoms with Crippen molar-refractivity contribution < 1.29 is 13.2 Å². The number of piperidine rings is 1. The molecule has 0 spiro atoms. The van der Waals surface area contributed by atoms with Gasteiger partial charge in [-0.2, -0.15) is 5.10 Å². The maximum Gasteiger partial charge on any atom is 0.210 e. The van der Waals surface area contributed by atoms with E-state index in [9.17, 15) is 13.2 Å². The summed E-state index contributed by atoms with van der Waals surface area (Å²) in [6, 6.07) is 11.4. The van der Waals surface area contributed by atoms with E-state index in [1.165, 1.54) is 24.3 Å². The molecule has 3 aliphatic rings. The number of anilines is 1. The summed E-state index contributed by atoms with van der Waals surface area (Å²) in [5, 5.41) is 15.8. The Bertz CT molecular complexity index is 1440. The fraction of sp³-hybridized carbons (Fsp3) is 0.269. The van der Waals surface area contributed by atoms with Crippen LogP contribution in [-0.2, 0) is 6.42 Å². The van der Waals surface area contributed by atoms with Crippen molar-refractivity contribution in [2.75, 3.05) is 18.4 Å². The van der Waals surface area contributed by atoms with Crippen LogP contribution in [0.3, 0.4) is 0 Å². The van der Waals surface area contributed by atoms with E-state index >= 15 is 0 Å². The average Bonchev–Trinajstić information content (AvgIpc) is 3.54. The third kappa shape index (κ3) is 4.75. The Morgan fingerprint density at radius 1 is 1.00 bits per heavy atom. The molecule has 1 atom stereocenters. The number of halogens is 3. The van der Waals surface area contributed by atoms with Crippen molar-refractivity contribution in [3.05, 3.63) is 83.3 Å². The zero-order valence-electron chi connectivity index (χ0n) is 20.3. The Labute approximate surface area is 216 Å². The van der Waals surface area contributed by atoms with Crippen molar-refractivity contribution in [1.82, 2.24) is 25.9 Å². The number of hydrogen-bond donors (Lipinski definition) is 5. The molecule has 2 aromatic carbocycles. The maximum absolute atomic E-state index is 14.6. The molecule has 38 heavy (non-hydrogen) atoms. The molecule has 196 valence electrons. The summed E-state index contributed by atoms with van der Waals surface area (Å²) >= 11 is 0. The number of nitrogens with two attached hydrogens (primary N) is 1. The average molecular weight is 522 g/mol. The fourth-order valence-corrected chi connectivity index (χ4v) is 4.89. The minimum absolute atomic E-state index is 0.0808. The molecule has 0 amide bonds. The van der Waals surface area contributed by atoms with Gasteiger partial charge in [0.25, 0.3) is 0 Å². The van der Waals surface area contributed by atoms with Crippen LogP contribution < -0.4 is 21.8 Å². The summed E-state index contributed by atoms with van der Waals surface area (Å²) in [4.78, 5) is 9.43. The second kappa shape index (κ2) is 9.62. The minimum atomic E-state index is -1.55. The van der Waals surface area contributed by atoms with Gasteiger partial charge in [-0.3, -0.25) is 15.8 Å². The number of aromatic nitrogens is 2. The predicted molar refractivity (Wildman–Crippen MR) is 138 cm³/mol. The molecular formula is C26H26F3N9. The van der Waals surface area contributed by atoms with Crippen LogP contribution in [0, 0.1) is 17.5 Å². The number of hydrazine groups is 1. The molecule has 3 aromatic rings.